The predicted octanol–water partition coefficient (Wildman–Crippen LogP) is 6.79. The number of hydrazone groups is 1. The van der Waals surface area contributed by atoms with Gasteiger partial charge in [0.25, 0.3) is 0 Å². The summed E-state index contributed by atoms with van der Waals surface area (Å²) in [7, 11) is 0. The van der Waals surface area contributed by atoms with Crippen LogP contribution in [0.5, 0.6) is 11.5 Å². The molecule has 1 aliphatic rings. The number of ether oxygens (including phenoxy) is 3. The highest BCUT2D eigenvalue weighted by Gasteiger charge is 2.28. The van der Waals surface area contributed by atoms with Crippen LogP contribution in [0.3, 0.4) is 0 Å². The largest absolute Gasteiger partial charge is 0.490 e. The Hall–Kier alpha value is -4.22. The van der Waals surface area contributed by atoms with Crippen LogP contribution in [0.15, 0.2) is 64.2 Å². The lowest BCUT2D eigenvalue weighted by atomic mass is 9.95. The van der Waals surface area contributed by atoms with Gasteiger partial charge >= 0.3 is 17.8 Å². The molecule has 0 aliphatic heterocycles. The predicted molar refractivity (Wildman–Crippen MR) is 175 cm³/mol. The smallest absolute Gasteiger partial charge is 0.341 e. The Morgan fingerprint density at radius 3 is 2.59 bits per heavy atom. The highest BCUT2D eigenvalue weighted by molar-refractivity contribution is 9.10. The van der Waals surface area contributed by atoms with Gasteiger partial charge in [-0.15, -0.1) is 11.3 Å². The molecule has 228 valence electrons. The lowest BCUT2D eigenvalue weighted by Gasteiger charge is -2.15. The maximum Gasteiger partial charge on any atom is 0.341 e. The second-order valence-corrected chi connectivity index (χ2v) is 11.9. The molecular formula is C33H32BrN3O6S. The van der Waals surface area contributed by atoms with Crippen LogP contribution in [0, 0.1) is 0 Å². The molecule has 0 saturated heterocycles. The zero-order chi connectivity index (χ0) is 31.1. The van der Waals surface area contributed by atoms with E-state index < -0.39 is 17.8 Å². The summed E-state index contributed by atoms with van der Waals surface area (Å²) in [6, 6.07) is 17.7. The number of amides is 2. The third kappa shape index (κ3) is 7.11. The third-order valence-corrected chi connectivity index (χ3v) is 8.84. The number of hydrogen-bond donors (Lipinski definition) is 2. The maximum absolute atomic E-state index is 12.7. The molecule has 11 heteroatoms. The Labute approximate surface area is 267 Å². The molecule has 3 aromatic carbocycles. The van der Waals surface area contributed by atoms with Gasteiger partial charge in [-0.3, -0.25) is 9.59 Å². The van der Waals surface area contributed by atoms with E-state index in [1.807, 2.05) is 31.2 Å². The van der Waals surface area contributed by atoms with Crippen LogP contribution in [0.2, 0.25) is 0 Å². The number of nitrogens with zero attached hydrogens (tertiary/aromatic N) is 1. The van der Waals surface area contributed by atoms with Gasteiger partial charge in [-0.25, -0.2) is 10.2 Å². The van der Waals surface area contributed by atoms with Crippen molar-refractivity contribution in [3.05, 3.63) is 86.2 Å². The first-order valence-corrected chi connectivity index (χ1v) is 16.0. The second kappa shape index (κ2) is 14.5. The van der Waals surface area contributed by atoms with E-state index in [1.54, 1.807) is 19.1 Å². The number of hydrogen-bond acceptors (Lipinski definition) is 8. The van der Waals surface area contributed by atoms with Crippen molar-refractivity contribution < 1.29 is 28.6 Å². The van der Waals surface area contributed by atoms with Gasteiger partial charge in [0.2, 0.25) is 0 Å². The van der Waals surface area contributed by atoms with Gasteiger partial charge in [0, 0.05) is 4.88 Å². The number of esters is 1. The van der Waals surface area contributed by atoms with Gasteiger partial charge in [0.1, 0.15) is 11.6 Å². The van der Waals surface area contributed by atoms with E-state index in [0.717, 1.165) is 52.5 Å². The zero-order valence-corrected chi connectivity index (χ0v) is 26.8. The van der Waals surface area contributed by atoms with Gasteiger partial charge < -0.3 is 19.5 Å². The number of carbonyl (C=O) groups excluding carboxylic acids is 3. The Kier molecular flexibility index (Phi) is 10.3. The van der Waals surface area contributed by atoms with E-state index in [2.05, 4.69) is 50.0 Å². The van der Waals surface area contributed by atoms with Crippen molar-refractivity contribution in [3.63, 3.8) is 0 Å². The minimum Gasteiger partial charge on any atom is -0.490 e. The summed E-state index contributed by atoms with van der Waals surface area (Å²) in [6.07, 6.45) is 4.93. The van der Waals surface area contributed by atoms with Crippen LogP contribution in [-0.4, -0.2) is 37.2 Å². The number of benzene rings is 3. The fraction of sp³-hybridized carbons (Fsp3) is 0.273. The third-order valence-electron chi connectivity index (χ3n) is 7.05. The molecule has 0 radical (unpaired) electrons. The minimum atomic E-state index is -0.971. The van der Waals surface area contributed by atoms with Gasteiger partial charge in [-0.05, 0) is 95.1 Å². The Bertz CT molecular complexity index is 1730. The summed E-state index contributed by atoms with van der Waals surface area (Å²) in [5.41, 5.74) is 5.14. The average Bonchev–Trinajstić information content (AvgIpc) is 3.38. The monoisotopic (exact) mass is 677 g/mol. The van der Waals surface area contributed by atoms with E-state index in [0.29, 0.717) is 45.3 Å². The maximum atomic E-state index is 12.7. The molecule has 2 amide bonds. The standard InChI is InChI=1S/C33H32BrN3O6S/c1-3-41-26-17-20(16-25(34)29(26)43-19-22-12-9-11-21-10-5-6-13-23(21)22)18-35-37-31(39)30(38)36-32-28(33(40)42-4-2)24-14-7-8-15-27(24)44-32/h5-6,9-13,16-18H,3-4,7-8,14-15,19H2,1-2H3,(H,36,38)(H,37,39)/b35-18+. The van der Waals surface area contributed by atoms with Crippen LogP contribution in [0.4, 0.5) is 5.00 Å². The zero-order valence-electron chi connectivity index (χ0n) is 24.4. The summed E-state index contributed by atoms with van der Waals surface area (Å²) < 4.78 is 17.9. The van der Waals surface area contributed by atoms with Crippen molar-refractivity contribution in [2.75, 3.05) is 18.5 Å². The first kappa shape index (κ1) is 31.2. The number of thiophene rings is 1. The van der Waals surface area contributed by atoms with Crippen molar-refractivity contribution in [3.8, 4) is 11.5 Å². The molecule has 9 nitrogen and oxygen atoms in total. The summed E-state index contributed by atoms with van der Waals surface area (Å²) >= 11 is 4.88. The molecule has 1 heterocycles. The Morgan fingerprint density at radius 2 is 1.77 bits per heavy atom. The van der Waals surface area contributed by atoms with Crippen LogP contribution in [0.1, 0.15) is 58.6 Å². The Balaban J connectivity index is 1.26. The van der Waals surface area contributed by atoms with Crippen molar-refractivity contribution in [2.45, 2.75) is 46.1 Å². The number of halogens is 1. The molecule has 2 N–H and O–H groups in total. The van der Waals surface area contributed by atoms with Gasteiger partial charge in [0.05, 0.1) is 29.5 Å². The summed E-state index contributed by atoms with van der Waals surface area (Å²) in [4.78, 5) is 39.0. The molecule has 44 heavy (non-hydrogen) atoms. The highest BCUT2D eigenvalue weighted by Crippen LogP contribution is 2.39. The molecule has 0 bridgehead atoms. The minimum absolute atomic E-state index is 0.213. The number of aryl methyl sites for hydroxylation is 1. The van der Waals surface area contributed by atoms with E-state index in [-0.39, 0.29) is 6.61 Å². The molecule has 0 fully saturated rings. The van der Waals surface area contributed by atoms with Crippen LogP contribution in [-0.2, 0) is 33.8 Å². The average molecular weight is 679 g/mol. The van der Waals surface area contributed by atoms with Crippen molar-refractivity contribution in [1.29, 1.82) is 0 Å². The SMILES string of the molecule is CCOC(=O)c1c(NC(=O)C(=O)N/N=C/c2cc(Br)c(OCc3cccc4ccccc34)c(OCC)c2)sc2c1CCCC2. The summed E-state index contributed by atoms with van der Waals surface area (Å²) in [5, 5.41) is 9.12. The number of carbonyl (C=O) groups is 3. The van der Waals surface area contributed by atoms with Gasteiger partial charge in [-0.2, -0.15) is 5.10 Å². The molecule has 1 aliphatic carbocycles. The Morgan fingerprint density at radius 1 is 0.977 bits per heavy atom. The highest BCUT2D eigenvalue weighted by atomic mass is 79.9. The van der Waals surface area contributed by atoms with E-state index >= 15 is 0 Å². The topological polar surface area (TPSA) is 115 Å². The number of rotatable bonds is 10. The van der Waals surface area contributed by atoms with Crippen molar-refractivity contribution in [1.82, 2.24) is 5.43 Å². The van der Waals surface area contributed by atoms with Gasteiger partial charge in [-0.1, -0.05) is 42.5 Å². The first-order chi connectivity index (χ1) is 21.4. The van der Waals surface area contributed by atoms with Crippen molar-refractivity contribution in [2.24, 2.45) is 5.10 Å². The number of fused-ring (bicyclic) bond motifs is 2. The lowest BCUT2D eigenvalue weighted by molar-refractivity contribution is -0.136. The van der Waals surface area contributed by atoms with E-state index in [4.69, 9.17) is 14.2 Å². The van der Waals surface area contributed by atoms with Gasteiger partial charge in [0.15, 0.2) is 11.5 Å². The fourth-order valence-electron chi connectivity index (χ4n) is 5.08. The molecule has 5 rings (SSSR count). The number of anilines is 1. The van der Waals surface area contributed by atoms with Crippen LogP contribution < -0.4 is 20.2 Å². The molecule has 1 aromatic heterocycles. The van der Waals surface area contributed by atoms with E-state index in [9.17, 15) is 14.4 Å². The van der Waals surface area contributed by atoms with Crippen LogP contribution >= 0.6 is 27.3 Å². The van der Waals surface area contributed by atoms with E-state index in [1.165, 1.54) is 17.6 Å². The summed E-state index contributed by atoms with van der Waals surface area (Å²) in [6.45, 7) is 4.56. The van der Waals surface area contributed by atoms with Crippen molar-refractivity contribution >= 4 is 67.0 Å². The van der Waals surface area contributed by atoms with Crippen LogP contribution in [0.25, 0.3) is 10.8 Å². The normalized spacial score (nSPS) is 12.5. The fourth-order valence-corrected chi connectivity index (χ4v) is 6.93. The molecule has 0 spiro atoms. The molecule has 0 atom stereocenters. The molecular weight excluding hydrogens is 646 g/mol. The lowest BCUT2D eigenvalue weighted by Crippen LogP contribution is -2.32. The number of nitrogens with one attached hydrogen (secondary N) is 2. The molecule has 4 aromatic rings. The molecule has 0 saturated carbocycles. The second-order valence-electron chi connectivity index (χ2n) is 9.98. The molecule has 0 unspecified atom stereocenters. The first-order valence-electron chi connectivity index (χ1n) is 14.4. The summed E-state index contributed by atoms with van der Waals surface area (Å²) in [5.74, 6) is -1.36. The quantitative estimate of drug-likeness (QED) is 0.0827.